The standard InChI is InChI=1S/C6H12O3/c1-7-5-3-9-4-6(5)8-2/h5-6H,3-4H2,1-2H3/t5-,6-/m0/s1. The van der Waals surface area contributed by atoms with Crippen molar-refractivity contribution in [2.24, 2.45) is 0 Å². The first-order chi connectivity index (χ1) is 4.38. The molecule has 0 amide bonds. The molecule has 1 heterocycles. The van der Waals surface area contributed by atoms with Gasteiger partial charge in [-0.25, -0.2) is 0 Å². The van der Waals surface area contributed by atoms with Gasteiger partial charge >= 0.3 is 0 Å². The van der Waals surface area contributed by atoms with Crippen molar-refractivity contribution in [2.75, 3.05) is 27.4 Å². The molecule has 1 fully saturated rings. The third-order valence-corrected chi connectivity index (χ3v) is 1.58. The molecule has 0 spiro atoms. The van der Waals surface area contributed by atoms with E-state index in [1.54, 1.807) is 14.2 Å². The summed E-state index contributed by atoms with van der Waals surface area (Å²) in [6.07, 6.45) is 0.269. The summed E-state index contributed by atoms with van der Waals surface area (Å²) in [6, 6.07) is 0. The van der Waals surface area contributed by atoms with Gasteiger partial charge in [0.2, 0.25) is 0 Å². The van der Waals surface area contributed by atoms with Crippen LogP contribution >= 0.6 is 0 Å². The topological polar surface area (TPSA) is 27.7 Å². The molecule has 9 heavy (non-hydrogen) atoms. The van der Waals surface area contributed by atoms with Gasteiger partial charge in [-0.1, -0.05) is 0 Å². The van der Waals surface area contributed by atoms with E-state index in [0.717, 1.165) is 0 Å². The summed E-state index contributed by atoms with van der Waals surface area (Å²) in [5, 5.41) is 0. The fraction of sp³-hybridized carbons (Fsp3) is 1.00. The third-order valence-electron chi connectivity index (χ3n) is 1.58. The van der Waals surface area contributed by atoms with Gasteiger partial charge in [-0.05, 0) is 0 Å². The Bertz CT molecular complexity index is 74.4. The van der Waals surface area contributed by atoms with Crippen LogP contribution < -0.4 is 0 Å². The van der Waals surface area contributed by atoms with Crippen molar-refractivity contribution in [3.05, 3.63) is 0 Å². The zero-order valence-corrected chi connectivity index (χ0v) is 5.79. The molecule has 0 radical (unpaired) electrons. The van der Waals surface area contributed by atoms with Crippen molar-refractivity contribution in [1.82, 2.24) is 0 Å². The average Bonchev–Trinajstić information content (AvgIpc) is 2.33. The molecular formula is C6H12O3. The Morgan fingerprint density at radius 2 is 1.56 bits per heavy atom. The summed E-state index contributed by atoms with van der Waals surface area (Å²) in [5.41, 5.74) is 0. The zero-order valence-electron chi connectivity index (χ0n) is 5.79. The summed E-state index contributed by atoms with van der Waals surface area (Å²) < 4.78 is 15.2. The van der Waals surface area contributed by atoms with Crippen molar-refractivity contribution in [3.8, 4) is 0 Å². The van der Waals surface area contributed by atoms with Crippen LogP contribution in [-0.2, 0) is 14.2 Å². The van der Waals surface area contributed by atoms with Gasteiger partial charge in [0.15, 0.2) is 0 Å². The van der Waals surface area contributed by atoms with E-state index in [1.807, 2.05) is 0 Å². The van der Waals surface area contributed by atoms with E-state index in [-0.39, 0.29) is 12.2 Å². The quantitative estimate of drug-likeness (QED) is 0.531. The van der Waals surface area contributed by atoms with Crippen LogP contribution in [0.25, 0.3) is 0 Å². The van der Waals surface area contributed by atoms with Crippen LogP contribution in [0.2, 0.25) is 0 Å². The summed E-state index contributed by atoms with van der Waals surface area (Å²) in [5.74, 6) is 0. The molecule has 1 aliphatic heterocycles. The lowest BCUT2D eigenvalue weighted by Crippen LogP contribution is -2.27. The molecule has 3 heteroatoms. The van der Waals surface area contributed by atoms with Crippen molar-refractivity contribution >= 4 is 0 Å². The SMILES string of the molecule is CO[C@H]1COC[C@@H]1OC. The Labute approximate surface area is 54.9 Å². The first kappa shape index (κ1) is 6.99. The van der Waals surface area contributed by atoms with Gasteiger partial charge < -0.3 is 14.2 Å². The van der Waals surface area contributed by atoms with Crippen LogP contribution in [0.15, 0.2) is 0 Å². The minimum Gasteiger partial charge on any atom is -0.376 e. The molecule has 0 saturated carbocycles. The van der Waals surface area contributed by atoms with Crippen molar-refractivity contribution < 1.29 is 14.2 Å². The first-order valence-corrected chi connectivity index (χ1v) is 3.02. The molecule has 1 rings (SSSR count). The lowest BCUT2D eigenvalue weighted by atomic mass is 10.3. The van der Waals surface area contributed by atoms with Crippen LogP contribution in [0, 0.1) is 0 Å². The molecule has 1 saturated heterocycles. The van der Waals surface area contributed by atoms with Gasteiger partial charge in [0.1, 0.15) is 12.2 Å². The summed E-state index contributed by atoms with van der Waals surface area (Å²) in [6.45, 7) is 1.32. The molecule has 0 aromatic carbocycles. The highest BCUT2D eigenvalue weighted by Gasteiger charge is 2.27. The third kappa shape index (κ3) is 1.41. The molecule has 0 aromatic heterocycles. The van der Waals surface area contributed by atoms with E-state index in [2.05, 4.69) is 0 Å². The Morgan fingerprint density at radius 1 is 1.11 bits per heavy atom. The fourth-order valence-corrected chi connectivity index (χ4v) is 0.955. The van der Waals surface area contributed by atoms with Crippen molar-refractivity contribution in [3.63, 3.8) is 0 Å². The van der Waals surface area contributed by atoms with Crippen LogP contribution in [0.1, 0.15) is 0 Å². The van der Waals surface area contributed by atoms with Gasteiger partial charge in [-0.2, -0.15) is 0 Å². The van der Waals surface area contributed by atoms with Crippen LogP contribution in [0.5, 0.6) is 0 Å². The van der Waals surface area contributed by atoms with E-state index in [1.165, 1.54) is 0 Å². The Kier molecular flexibility index (Phi) is 2.45. The van der Waals surface area contributed by atoms with Crippen molar-refractivity contribution in [2.45, 2.75) is 12.2 Å². The smallest absolute Gasteiger partial charge is 0.109 e. The highest BCUT2D eigenvalue weighted by atomic mass is 16.6. The fourth-order valence-electron chi connectivity index (χ4n) is 0.955. The molecule has 1 aliphatic rings. The summed E-state index contributed by atoms with van der Waals surface area (Å²) >= 11 is 0. The summed E-state index contributed by atoms with van der Waals surface area (Å²) in [7, 11) is 3.34. The largest absolute Gasteiger partial charge is 0.376 e. The second-order valence-electron chi connectivity index (χ2n) is 2.09. The van der Waals surface area contributed by atoms with Crippen molar-refractivity contribution in [1.29, 1.82) is 0 Å². The van der Waals surface area contributed by atoms with E-state index in [9.17, 15) is 0 Å². The number of hydrogen-bond donors (Lipinski definition) is 0. The van der Waals surface area contributed by atoms with E-state index < -0.39 is 0 Å². The average molecular weight is 132 g/mol. The number of ether oxygens (including phenoxy) is 3. The minimum absolute atomic E-state index is 0.134. The van der Waals surface area contributed by atoms with Crippen LogP contribution in [0.4, 0.5) is 0 Å². The molecule has 3 nitrogen and oxygen atoms in total. The molecule has 54 valence electrons. The van der Waals surface area contributed by atoms with E-state index in [0.29, 0.717) is 13.2 Å². The monoisotopic (exact) mass is 132 g/mol. The van der Waals surface area contributed by atoms with Gasteiger partial charge in [-0.3, -0.25) is 0 Å². The molecule has 0 aromatic rings. The lowest BCUT2D eigenvalue weighted by molar-refractivity contribution is -0.00461. The second kappa shape index (κ2) is 3.15. The van der Waals surface area contributed by atoms with Gasteiger partial charge in [0.05, 0.1) is 13.2 Å². The second-order valence-corrected chi connectivity index (χ2v) is 2.09. The Balaban J connectivity index is 2.32. The Hall–Kier alpha value is -0.120. The molecular weight excluding hydrogens is 120 g/mol. The van der Waals surface area contributed by atoms with E-state index >= 15 is 0 Å². The summed E-state index contributed by atoms with van der Waals surface area (Å²) in [4.78, 5) is 0. The van der Waals surface area contributed by atoms with Gasteiger partial charge in [0, 0.05) is 14.2 Å². The predicted octanol–water partition coefficient (Wildman–Crippen LogP) is 0.0466. The molecule has 0 N–H and O–H groups in total. The maximum atomic E-state index is 5.10. The highest BCUT2D eigenvalue weighted by molar-refractivity contribution is 4.75. The Morgan fingerprint density at radius 3 is 1.89 bits per heavy atom. The zero-order chi connectivity index (χ0) is 6.69. The van der Waals surface area contributed by atoms with E-state index in [4.69, 9.17) is 14.2 Å². The lowest BCUT2D eigenvalue weighted by Gasteiger charge is -2.12. The van der Waals surface area contributed by atoms with Gasteiger partial charge in [-0.15, -0.1) is 0 Å². The van der Waals surface area contributed by atoms with Crippen LogP contribution in [-0.4, -0.2) is 39.6 Å². The predicted molar refractivity (Wildman–Crippen MR) is 32.4 cm³/mol. The van der Waals surface area contributed by atoms with Gasteiger partial charge in [0.25, 0.3) is 0 Å². The molecule has 0 unspecified atom stereocenters. The first-order valence-electron chi connectivity index (χ1n) is 3.02. The normalized spacial score (nSPS) is 35.3. The number of rotatable bonds is 2. The highest BCUT2D eigenvalue weighted by Crippen LogP contribution is 2.10. The maximum absolute atomic E-state index is 5.10. The maximum Gasteiger partial charge on any atom is 0.109 e. The van der Waals surface area contributed by atoms with Crippen LogP contribution in [0.3, 0.4) is 0 Å². The number of hydrogen-bond acceptors (Lipinski definition) is 3. The molecule has 0 aliphatic carbocycles. The molecule has 2 atom stereocenters. The number of methoxy groups -OCH3 is 2. The minimum atomic E-state index is 0.134. The molecule has 0 bridgehead atoms.